The molecule has 0 bridgehead atoms. The van der Waals surface area contributed by atoms with Crippen molar-refractivity contribution in [3.8, 4) is 6.07 Å². The normalized spacial score (nSPS) is 21.8. The van der Waals surface area contributed by atoms with Gasteiger partial charge in [-0.15, -0.1) is 0 Å². The molecular formula is C26H30F3N5O2. The zero-order chi connectivity index (χ0) is 25.9. The summed E-state index contributed by atoms with van der Waals surface area (Å²) in [6.45, 7) is 7.04. The fraction of sp³-hybridized carbons (Fsp3) is 0.500. The van der Waals surface area contributed by atoms with Gasteiger partial charge in [-0.3, -0.25) is 9.80 Å². The first-order valence-corrected chi connectivity index (χ1v) is 12.1. The topological polar surface area (TPSA) is 72.7 Å². The molecule has 0 N–H and O–H groups in total. The molecule has 0 spiro atoms. The first kappa shape index (κ1) is 25.8. The molecular weight excluding hydrogens is 471 g/mol. The Morgan fingerprint density at radius 1 is 1.14 bits per heavy atom. The van der Waals surface area contributed by atoms with Crippen LogP contribution in [0.1, 0.15) is 43.5 Å². The van der Waals surface area contributed by atoms with Crippen LogP contribution in [-0.2, 0) is 17.5 Å². The number of piperidine rings is 1. The molecule has 1 aromatic carbocycles. The summed E-state index contributed by atoms with van der Waals surface area (Å²) < 4.78 is 44.9. The number of anilines is 1. The molecule has 192 valence electrons. The number of hydrogen-bond acceptors (Lipinski definition) is 6. The number of rotatable bonds is 4. The van der Waals surface area contributed by atoms with Gasteiger partial charge in [0.15, 0.2) is 0 Å². The number of carbonyl (C=O) groups is 1. The van der Waals surface area contributed by atoms with Crippen molar-refractivity contribution < 1.29 is 22.7 Å². The van der Waals surface area contributed by atoms with Crippen molar-refractivity contribution in [3.05, 3.63) is 59.4 Å². The molecule has 2 fully saturated rings. The molecule has 36 heavy (non-hydrogen) atoms. The maximum Gasteiger partial charge on any atom is 0.433 e. The van der Waals surface area contributed by atoms with E-state index >= 15 is 0 Å². The number of ether oxygens (including phenoxy) is 1. The third kappa shape index (κ3) is 5.90. The molecule has 2 aliphatic rings. The third-order valence-corrected chi connectivity index (χ3v) is 6.82. The smallest absolute Gasteiger partial charge is 0.433 e. The van der Waals surface area contributed by atoms with Crippen LogP contribution >= 0.6 is 0 Å². The number of carbonyl (C=O) groups excluding carboxylic acids is 1. The maximum absolute atomic E-state index is 13.1. The number of piperazine rings is 1. The number of amides is 1. The van der Waals surface area contributed by atoms with E-state index in [2.05, 4.69) is 22.0 Å². The van der Waals surface area contributed by atoms with Gasteiger partial charge in [-0.2, -0.15) is 18.4 Å². The van der Waals surface area contributed by atoms with Crippen LogP contribution in [0.5, 0.6) is 0 Å². The fourth-order valence-electron chi connectivity index (χ4n) is 5.05. The highest BCUT2D eigenvalue weighted by Gasteiger charge is 2.38. The monoisotopic (exact) mass is 501 g/mol. The van der Waals surface area contributed by atoms with Gasteiger partial charge in [-0.1, -0.05) is 30.3 Å². The molecule has 1 amide bonds. The summed E-state index contributed by atoms with van der Waals surface area (Å²) in [5.41, 5.74) is 0.412. The van der Waals surface area contributed by atoms with E-state index in [-0.39, 0.29) is 29.8 Å². The van der Waals surface area contributed by atoms with Gasteiger partial charge in [-0.25, -0.2) is 9.78 Å². The number of likely N-dealkylation sites (tertiary alicyclic amines) is 1. The first-order chi connectivity index (χ1) is 17.2. The lowest BCUT2D eigenvalue weighted by Crippen LogP contribution is -2.59. The van der Waals surface area contributed by atoms with Crippen LogP contribution in [-0.4, -0.2) is 65.2 Å². The molecule has 2 aliphatic heterocycles. The SMILES string of the molecule is C[C@@H]1CN(c2cnc(C(F)(F)F)cc2C#N)C[C@@H](C)N1C(=O)OC1CCN(Cc2ccccc2)CC1. The summed E-state index contributed by atoms with van der Waals surface area (Å²) in [5, 5.41) is 9.44. The number of aromatic nitrogens is 1. The van der Waals surface area contributed by atoms with Crippen LogP contribution in [0.15, 0.2) is 42.6 Å². The first-order valence-electron chi connectivity index (χ1n) is 12.1. The molecule has 7 nitrogen and oxygen atoms in total. The zero-order valence-corrected chi connectivity index (χ0v) is 20.4. The van der Waals surface area contributed by atoms with E-state index < -0.39 is 11.9 Å². The van der Waals surface area contributed by atoms with Crippen LogP contribution in [0, 0.1) is 11.3 Å². The van der Waals surface area contributed by atoms with Crippen molar-refractivity contribution in [3.63, 3.8) is 0 Å². The molecule has 2 atom stereocenters. The summed E-state index contributed by atoms with van der Waals surface area (Å²) in [5.74, 6) is 0. The van der Waals surface area contributed by atoms with Gasteiger partial charge in [0.05, 0.1) is 29.5 Å². The fourth-order valence-corrected chi connectivity index (χ4v) is 5.05. The molecule has 1 aromatic heterocycles. The van der Waals surface area contributed by atoms with E-state index in [4.69, 9.17) is 4.74 Å². The highest BCUT2D eigenvalue weighted by atomic mass is 19.4. The van der Waals surface area contributed by atoms with Gasteiger partial charge >= 0.3 is 12.3 Å². The van der Waals surface area contributed by atoms with Gasteiger partial charge in [-0.05, 0) is 38.3 Å². The molecule has 10 heteroatoms. The Morgan fingerprint density at radius 2 is 1.78 bits per heavy atom. The molecule has 4 rings (SSSR count). The summed E-state index contributed by atoms with van der Waals surface area (Å²) in [6, 6.07) is 12.4. The van der Waals surface area contributed by atoms with Crippen LogP contribution in [0.2, 0.25) is 0 Å². The number of alkyl halides is 3. The van der Waals surface area contributed by atoms with Crippen molar-refractivity contribution in [2.24, 2.45) is 0 Å². The largest absolute Gasteiger partial charge is 0.446 e. The maximum atomic E-state index is 13.1. The quantitative estimate of drug-likeness (QED) is 0.606. The van der Waals surface area contributed by atoms with Crippen molar-refractivity contribution in [1.29, 1.82) is 5.26 Å². The average molecular weight is 502 g/mol. The van der Waals surface area contributed by atoms with E-state index in [0.717, 1.165) is 44.7 Å². The Hall–Kier alpha value is -3.32. The van der Waals surface area contributed by atoms with Gasteiger partial charge in [0.2, 0.25) is 0 Å². The average Bonchev–Trinajstić information content (AvgIpc) is 2.84. The molecule has 0 saturated carbocycles. The van der Waals surface area contributed by atoms with E-state index in [1.54, 1.807) is 4.90 Å². The standard InChI is InChI=1S/C26H30F3N5O2/c1-18-15-33(23-14-31-24(26(27,28)29)12-21(23)13-30)16-19(2)34(18)25(35)36-22-8-10-32(11-9-22)17-20-6-4-3-5-7-20/h3-7,12,14,18-19,22H,8-11,15-17H2,1-2H3/t18-,19-/m1/s1. The summed E-state index contributed by atoms with van der Waals surface area (Å²) >= 11 is 0. The number of pyridine rings is 1. The summed E-state index contributed by atoms with van der Waals surface area (Å²) in [4.78, 5) is 22.4. The van der Waals surface area contributed by atoms with E-state index in [1.165, 1.54) is 5.56 Å². The van der Waals surface area contributed by atoms with Crippen molar-refractivity contribution >= 4 is 11.8 Å². The molecule has 0 aliphatic carbocycles. The number of benzene rings is 1. The number of halogens is 3. The van der Waals surface area contributed by atoms with E-state index in [1.807, 2.05) is 43.0 Å². The number of nitrogens with zero attached hydrogens (tertiary/aromatic N) is 5. The molecule has 0 unspecified atom stereocenters. The lowest BCUT2D eigenvalue weighted by molar-refractivity contribution is -0.141. The second-order valence-electron chi connectivity index (χ2n) is 9.55. The summed E-state index contributed by atoms with van der Waals surface area (Å²) in [6.07, 6.45) is -2.51. The summed E-state index contributed by atoms with van der Waals surface area (Å²) in [7, 11) is 0. The van der Waals surface area contributed by atoms with Crippen molar-refractivity contribution in [1.82, 2.24) is 14.8 Å². The predicted octanol–water partition coefficient (Wildman–Crippen LogP) is 4.67. The minimum Gasteiger partial charge on any atom is -0.446 e. The van der Waals surface area contributed by atoms with Crippen LogP contribution in [0.25, 0.3) is 0 Å². The van der Waals surface area contributed by atoms with Gasteiger partial charge in [0.25, 0.3) is 0 Å². The third-order valence-electron chi connectivity index (χ3n) is 6.82. The molecule has 0 radical (unpaired) electrons. The second-order valence-corrected chi connectivity index (χ2v) is 9.55. The van der Waals surface area contributed by atoms with Gasteiger partial charge in [0.1, 0.15) is 17.9 Å². The van der Waals surface area contributed by atoms with Crippen LogP contribution < -0.4 is 4.90 Å². The van der Waals surface area contributed by atoms with Crippen LogP contribution in [0.3, 0.4) is 0 Å². The zero-order valence-electron chi connectivity index (χ0n) is 20.4. The minimum absolute atomic E-state index is 0.0879. The minimum atomic E-state index is -4.62. The predicted molar refractivity (Wildman–Crippen MR) is 128 cm³/mol. The molecule has 3 heterocycles. The molecule has 2 saturated heterocycles. The number of hydrogen-bond donors (Lipinski definition) is 0. The Bertz CT molecular complexity index is 1080. The van der Waals surface area contributed by atoms with E-state index in [9.17, 15) is 23.2 Å². The lowest BCUT2D eigenvalue weighted by Gasteiger charge is -2.45. The van der Waals surface area contributed by atoms with E-state index in [0.29, 0.717) is 18.8 Å². The lowest BCUT2D eigenvalue weighted by atomic mass is 10.1. The highest BCUT2D eigenvalue weighted by molar-refractivity contribution is 5.70. The van der Waals surface area contributed by atoms with Crippen molar-refractivity contribution in [2.75, 3.05) is 31.1 Å². The van der Waals surface area contributed by atoms with Crippen molar-refractivity contribution in [2.45, 2.75) is 57.6 Å². The van der Waals surface area contributed by atoms with Gasteiger partial charge in [0, 0.05) is 32.7 Å². The van der Waals surface area contributed by atoms with Crippen LogP contribution in [0.4, 0.5) is 23.7 Å². The highest BCUT2D eigenvalue weighted by Crippen LogP contribution is 2.32. The Labute approximate surface area is 209 Å². The molecule has 2 aromatic rings. The Morgan fingerprint density at radius 3 is 2.36 bits per heavy atom. The second kappa shape index (κ2) is 10.7. The Balaban J connectivity index is 1.33. The van der Waals surface area contributed by atoms with Gasteiger partial charge < -0.3 is 9.64 Å². The number of nitriles is 1. The Kier molecular flexibility index (Phi) is 7.69.